The second-order valence-corrected chi connectivity index (χ2v) is 3.50. The quantitative estimate of drug-likeness (QED) is 0.603. The highest BCUT2D eigenvalue weighted by molar-refractivity contribution is 5.67. The summed E-state index contributed by atoms with van der Waals surface area (Å²) < 4.78 is 9.77. The molecule has 1 aromatic rings. The van der Waals surface area contributed by atoms with Gasteiger partial charge in [-0.05, 0) is 0 Å². The molecule has 94 valence electrons. The van der Waals surface area contributed by atoms with Crippen molar-refractivity contribution in [2.45, 2.75) is 20.0 Å². The van der Waals surface area contributed by atoms with Gasteiger partial charge in [0.2, 0.25) is 0 Å². The zero-order chi connectivity index (χ0) is 13.4. The molecule has 1 aromatic carbocycles. The van der Waals surface area contributed by atoms with Crippen LogP contribution in [-0.2, 0) is 19.1 Å². The van der Waals surface area contributed by atoms with E-state index >= 15 is 0 Å². The van der Waals surface area contributed by atoms with Gasteiger partial charge in [0.05, 0.1) is 0 Å². The standard InChI is InChI=1S/C14H14O4/c1-11(15)17-10-6-9-14(18-12(2)16)13-7-4-3-5-8-13/h3-5,7-8,14H,10H2,1-2H3. The molecule has 0 saturated heterocycles. The summed E-state index contributed by atoms with van der Waals surface area (Å²) in [5.41, 5.74) is 0.781. The van der Waals surface area contributed by atoms with Crippen LogP contribution in [0, 0.1) is 11.8 Å². The van der Waals surface area contributed by atoms with Gasteiger partial charge in [-0.1, -0.05) is 42.2 Å². The van der Waals surface area contributed by atoms with Crippen LogP contribution >= 0.6 is 0 Å². The first kappa shape index (κ1) is 13.8. The lowest BCUT2D eigenvalue weighted by atomic mass is 10.1. The average Bonchev–Trinajstić information content (AvgIpc) is 2.33. The number of ether oxygens (including phenoxy) is 2. The Bertz CT molecular complexity index is 468. The summed E-state index contributed by atoms with van der Waals surface area (Å²) in [6, 6.07) is 9.15. The fraction of sp³-hybridized carbons (Fsp3) is 0.286. The highest BCUT2D eigenvalue weighted by Gasteiger charge is 2.10. The molecule has 0 radical (unpaired) electrons. The maximum absolute atomic E-state index is 11.0. The number of hydrogen-bond donors (Lipinski definition) is 0. The fourth-order valence-corrected chi connectivity index (χ4v) is 1.25. The molecule has 1 atom stereocenters. The first-order chi connectivity index (χ1) is 8.59. The van der Waals surface area contributed by atoms with Gasteiger partial charge in [-0.3, -0.25) is 9.59 Å². The van der Waals surface area contributed by atoms with Crippen LogP contribution in [0.4, 0.5) is 0 Å². The lowest BCUT2D eigenvalue weighted by Gasteiger charge is -2.10. The summed E-state index contributed by atoms with van der Waals surface area (Å²) >= 11 is 0. The fourth-order valence-electron chi connectivity index (χ4n) is 1.25. The van der Waals surface area contributed by atoms with Gasteiger partial charge in [-0.15, -0.1) is 0 Å². The van der Waals surface area contributed by atoms with Crippen molar-refractivity contribution in [2.24, 2.45) is 0 Å². The van der Waals surface area contributed by atoms with E-state index in [2.05, 4.69) is 16.6 Å². The average molecular weight is 246 g/mol. The summed E-state index contributed by atoms with van der Waals surface area (Å²) in [5.74, 6) is 4.60. The second kappa shape index (κ2) is 7.13. The molecule has 4 nitrogen and oxygen atoms in total. The van der Waals surface area contributed by atoms with Gasteiger partial charge < -0.3 is 9.47 Å². The smallest absolute Gasteiger partial charge is 0.304 e. The molecular formula is C14H14O4. The predicted molar refractivity (Wildman–Crippen MR) is 65.4 cm³/mol. The number of carbonyl (C=O) groups excluding carboxylic acids is 2. The van der Waals surface area contributed by atoms with Crippen LogP contribution < -0.4 is 0 Å². The van der Waals surface area contributed by atoms with E-state index in [0.717, 1.165) is 5.56 Å². The number of rotatable bonds is 3. The van der Waals surface area contributed by atoms with Crippen LogP contribution in [0.15, 0.2) is 30.3 Å². The summed E-state index contributed by atoms with van der Waals surface area (Å²) in [4.78, 5) is 21.6. The Labute approximate surface area is 106 Å². The molecule has 0 aliphatic carbocycles. The predicted octanol–water partition coefficient (Wildman–Crippen LogP) is 1.86. The van der Waals surface area contributed by atoms with E-state index in [0.29, 0.717) is 0 Å². The molecule has 18 heavy (non-hydrogen) atoms. The summed E-state index contributed by atoms with van der Waals surface area (Å²) in [5, 5.41) is 0. The van der Waals surface area contributed by atoms with Crippen molar-refractivity contribution in [2.75, 3.05) is 6.61 Å². The third kappa shape index (κ3) is 5.17. The molecule has 0 fully saturated rings. The van der Waals surface area contributed by atoms with Crippen LogP contribution in [0.25, 0.3) is 0 Å². The van der Waals surface area contributed by atoms with Crippen molar-refractivity contribution in [3.63, 3.8) is 0 Å². The van der Waals surface area contributed by atoms with E-state index in [1.807, 2.05) is 30.3 Å². The van der Waals surface area contributed by atoms with Crippen molar-refractivity contribution in [3.05, 3.63) is 35.9 Å². The summed E-state index contributed by atoms with van der Waals surface area (Å²) in [7, 11) is 0. The minimum atomic E-state index is -0.640. The molecule has 0 bridgehead atoms. The Balaban J connectivity index is 2.73. The topological polar surface area (TPSA) is 52.6 Å². The molecule has 1 rings (SSSR count). The normalized spacial score (nSPS) is 10.8. The van der Waals surface area contributed by atoms with E-state index in [1.165, 1.54) is 13.8 Å². The molecule has 0 N–H and O–H groups in total. The number of benzene rings is 1. The van der Waals surface area contributed by atoms with E-state index in [1.54, 1.807) is 0 Å². The SMILES string of the molecule is CC(=O)OCC#CC(OC(C)=O)c1ccccc1. The van der Waals surface area contributed by atoms with Crippen LogP contribution in [0.2, 0.25) is 0 Å². The lowest BCUT2D eigenvalue weighted by Crippen LogP contribution is -2.07. The van der Waals surface area contributed by atoms with Gasteiger partial charge in [-0.25, -0.2) is 0 Å². The lowest BCUT2D eigenvalue weighted by molar-refractivity contribution is -0.144. The number of hydrogen-bond acceptors (Lipinski definition) is 4. The zero-order valence-corrected chi connectivity index (χ0v) is 10.3. The minimum Gasteiger partial charge on any atom is -0.453 e. The highest BCUT2D eigenvalue weighted by Crippen LogP contribution is 2.15. The molecule has 4 heteroatoms. The first-order valence-electron chi connectivity index (χ1n) is 5.43. The van der Waals surface area contributed by atoms with E-state index in [4.69, 9.17) is 4.74 Å². The van der Waals surface area contributed by atoms with Gasteiger partial charge in [0, 0.05) is 19.4 Å². The molecule has 0 spiro atoms. The minimum absolute atomic E-state index is 0.0140. The molecule has 0 heterocycles. The Hall–Kier alpha value is -2.28. The maximum atomic E-state index is 11.0. The summed E-state index contributed by atoms with van der Waals surface area (Å²) in [6.07, 6.45) is -0.640. The van der Waals surface area contributed by atoms with Crippen LogP contribution in [0.3, 0.4) is 0 Å². The number of carbonyl (C=O) groups is 2. The zero-order valence-electron chi connectivity index (χ0n) is 10.3. The third-order valence-electron chi connectivity index (χ3n) is 1.97. The van der Waals surface area contributed by atoms with Crippen molar-refractivity contribution in [1.82, 2.24) is 0 Å². The van der Waals surface area contributed by atoms with Crippen LogP contribution in [0.5, 0.6) is 0 Å². The Kier molecular flexibility index (Phi) is 5.46. The molecular weight excluding hydrogens is 232 g/mol. The second-order valence-electron chi connectivity index (χ2n) is 3.50. The summed E-state index contributed by atoms with van der Waals surface area (Å²) in [6.45, 7) is 2.62. The van der Waals surface area contributed by atoms with Gasteiger partial charge in [0.1, 0.15) is 0 Å². The van der Waals surface area contributed by atoms with E-state index < -0.39 is 18.0 Å². The Morgan fingerprint density at radius 1 is 1.17 bits per heavy atom. The van der Waals surface area contributed by atoms with Gasteiger partial charge >= 0.3 is 11.9 Å². The molecule has 1 unspecified atom stereocenters. The van der Waals surface area contributed by atoms with Crippen molar-refractivity contribution in [1.29, 1.82) is 0 Å². The monoisotopic (exact) mass is 246 g/mol. The molecule has 0 aliphatic heterocycles. The van der Waals surface area contributed by atoms with Crippen LogP contribution in [-0.4, -0.2) is 18.5 Å². The van der Waals surface area contributed by atoms with Crippen molar-refractivity contribution >= 4 is 11.9 Å². The number of esters is 2. The molecule has 0 saturated carbocycles. The van der Waals surface area contributed by atoms with Gasteiger partial charge in [0.15, 0.2) is 12.7 Å². The third-order valence-corrected chi connectivity index (χ3v) is 1.97. The first-order valence-corrected chi connectivity index (χ1v) is 5.43. The van der Waals surface area contributed by atoms with Gasteiger partial charge in [-0.2, -0.15) is 0 Å². The Morgan fingerprint density at radius 2 is 1.83 bits per heavy atom. The molecule has 0 aromatic heterocycles. The molecule has 0 amide bonds. The largest absolute Gasteiger partial charge is 0.453 e. The Morgan fingerprint density at radius 3 is 2.39 bits per heavy atom. The van der Waals surface area contributed by atoms with Gasteiger partial charge in [0.25, 0.3) is 0 Å². The van der Waals surface area contributed by atoms with E-state index in [-0.39, 0.29) is 6.61 Å². The molecule has 0 aliphatic rings. The van der Waals surface area contributed by atoms with Crippen molar-refractivity contribution < 1.29 is 19.1 Å². The van der Waals surface area contributed by atoms with E-state index in [9.17, 15) is 9.59 Å². The highest BCUT2D eigenvalue weighted by atomic mass is 16.5. The van der Waals surface area contributed by atoms with Crippen LogP contribution in [0.1, 0.15) is 25.5 Å². The van der Waals surface area contributed by atoms with Crippen molar-refractivity contribution in [3.8, 4) is 11.8 Å². The maximum Gasteiger partial charge on any atom is 0.304 e.